The quantitative estimate of drug-likeness (QED) is 0.544. The number of Topliss-reactive ketones (excluding diaryl/α,β-unsaturated/α-hetero) is 1. The Kier molecular flexibility index (Phi) is 7.38. The summed E-state index contributed by atoms with van der Waals surface area (Å²) in [5.74, 6) is -1.66. The van der Waals surface area contributed by atoms with Gasteiger partial charge in [-0.15, -0.1) is 11.8 Å². The molecule has 0 radical (unpaired) electrons. The summed E-state index contributed by atoms with van der Waals surface area (Å²) in [5.41, 5.74) is 0.555. The minimum absolute atomic E-state index is 0.0196. The molecule has 1 N–H and O–H groups in total. The van der Waals surface area contributed by atoms with Gasteiger partial charge in [0.25, 0.3) is 5.91 Å². The van der Waals surface area contributed by atoms with Gasteiger partial charge in [-0.1, -0.05) is 23.7 Å². The summed E-state index contributed by atoms with van der Waals surface area (Å²) >= 11 is 6.90. The first kappa shape index (κ1) is 20.9. The molecule has 1 atom stereocenters. The molecule has 0 unspecified atom stereocenters. The number of ether oxygens (including phenoxy) is 1. The molecule has 2 aromatic rings. The highest BCUT2D eigenvalue weighted by atomic mass is 35.5. The number of halogens is 2. The molecule has 2 rings (SSSR count). The Balaban J connectivity index is 2.03. The number of amides is 1. The Morgan fingerprint density at radius 3 is 2.59 bits per heavy atom. The van der Waals surface area contributed by atoms with Gasteiger partial charge in [-0.3, -0.25) is 9.59 Å². The first-order chi connectivity index (χ1) is 12.8. The van der Waals surface area contributed by atoms with Gasteiger partial charge >= 0.3 is 5.97 Å². The molecule has 0 bridgehead atoms. The number of nitrogens with one attached hydrogen (secondary N) is 1. The van der Waals surface area contributed by atoms with Crippen molar-refractivity contribution >= 4 is 46.7 Å². The van der Waals surface area contributed by atoms with E-state index in [-0.39, 0.29) is 27.8 Å². The van der Waals surface area contributed by atoms with Crippen molar-refractivity contribution in [3.63, 3.8) is 0 Å². The van der Waals surface area contributed by atoms with Crippen molar-refractivity contribution in [3.8, 4) is 0 Å². The standard InChI is InChI=1S/C19H17ClFNO4S/c1-11(23)10-27-17-6-4-3-5-14(17)19(25)26-12(2)18(24)22-13-7-8-16(21)15(20)9-13/h3-9,12H,10H2,1-2H3,(H,22,24)/t12-/m1/s1. The lowest BCUT2D eigenvalue weighted by molar-refractivity contribution is -0.123. The highest BCUT2D eigenvalue weighted by Crippen LogP contribution is 2.24. The number of carbonyl (C=O) groups excluding carboxylic acids is 3. The number of carbonyl (C=O) groups is 3. The third-order valence-electron chi connectivity index (χ3n) is 3.38. The number of hydrogen-bond acceptors (Lipinski definition) is 5. The topological polar surface area (TPSA) is 72.5 Å². The minimum Gasteiger partial charge on any atom is -0.449 e. The SMILES string of the molecule is CC(=O)CSc1ccccc1C(=O)O[C@H](C)C(=O)Nc1ccc(F)c(Cl)c1. The zero-order valence-electron chi connectivity index (χ0n) is 14.6. The van der Waals surface area contributed by atoms with Gasteiger partial charge in [-0.25, -0.2) is 9.18 Å². The fourth-order valence-corrected chi connectivity index (χ4v) is 3.06. The summed E-state index contributed by atoms with van der Waals surface area (Å²) in [6.45, 7) is 2.88. The third-order valence-corrected chi connectivity index (χ3v) is 4.89. The smallest absolute Gasteiger partial charge is 0.340 e. The third kappa shape index (κ3) is 6.08. The Labute approximate surface area is 165 Å². The normalized spacial score (nSPS) is 11.6. The van der Waals surface area contributed by atoms with E-state index in [4.69, 9.17) is 16.3 Å². The Morgan fingerprint density at radius 1 is 1.22 bits per heavy atom. The molecule has 5 nitrogen and oxygen atoms in total. The second-order valence-corrected chi connectivity index (χ2v) is 7.08. The van der Waals surface area contributed by atoms with Crippen molar-refractivity contribution in [2.45, 2.75) is 24.8 Å². The average molecular weight is 410 g/mol. The average Bonchev–Trinajstić information content (AvgIpc) is 2.63. The van der Waals surface area contributed by atoms with Crippen LogP contribution in [0.25, 0.3) is 0 Å². The summed E-state index contributed by atoms with van der Waals surface area (Å²) < 4.78 is 18.4. The first-order valence-corrected chi connectivity index (χ1v) is 9.32. The van der Waals surface area contributed by atoms with Crippen LogP contribution in [0.4, 0.5) is 10.1 Å². The summed E-state index contributed by atoms with van der Waals surface area (Å²) in [5, 5.41) is 2.37. The van der Waals surface area contributed by atoms with Crippen LogP contribution in [0.5, 0.6) is 0 Å². The molecule has 0 aliphatic heterocycles. The summed E-state index contributed by atoms with van der Waals surface area (Å²) in [4.78, 5) is 36.4. The fraction of sp³-hybridized carbons (Fsp3) is 0.211. The number of ketones is 1. The first-order valence-electron chi connectivity index (χ1n) is 7.96. The van der Waals surface area contributed by atoms with Gasteiger partial charge in [0.1, 0.15) is 11.6 Å². The van der Waals surface area contributed by atoms with Crippen LogP contribution >= 0.6 is 23.4 Å². The van der Waals surface area contributed by atoms with E-state index < -0.39 is 23.8 Å². The molecule has 0 saturated heterocycles. The molecular weight excluding hydrogens is 393 g/mol. The van der Waals surface area contributed by atoms with Crippen LogP contribution in [0.2, 0.25) is 5.02 Å². The Bertz CT molecular complexity index is 875. The maximum atomic E-state index is 13.2. The van der Waals surface area contributed by atoms with E-state index >= 15 is 0 Å². The zero-order valence-corrected chi connectivity index (χ0v) is 16.2. The van der Waals surface area contributed by atoms with Gasteiger partial charge in [0.05, 0.1) is 16.3 Å². The summed E-state index contributed by atoms with van der Waals surface area (Å²) in [6, 6.07) is 10.4. The van der Waals surface area contributed by atoms with Gasteiger partial charge < -0.3 is 10.1 Å². The van der Waals surface area contributed by atoms with E-state index in [1.54, 1.807) is 24.3 Å². The van der Waals surface area contributed by atoms with Crippen LogP contribution in [0, 0.1) is 5.82 Å². The van der Waals surface area contributed by atoms with E-state index in [9.17, 15) is 18.8 Å². The maximum Gasteiger partial charge on any atom is 0.340 e. The fourth-order valence-electron chi connectivity index (χ4n) is 2.04. The van der Waals surface area contributed by atoms with Crippen LogP contribution in [0.1, 0.15) is 24.2 Å². The van der Waals surface area contributed by atoms with Crippen LogP contribution in [0.15, 0.2) is 47.4 Å². The molecule has 1 amide bonds. The van der Waals surface area contributed by atoms with Crippen molar-refractivity contribution in [2.24, 2.45) is 0 Å². The molecule has 0 fully saturated rings. The molecule has 2 aromatic carbocycles. The van der Waals surface area contributed by atoms with E-state index in [1.807, 2.05) is 0 Å². The number of thioether (sulfide) groups is 1. The number of rotatable bonds is 7. The van der Waals surface area contributed by atoms with Gasteiger partial charge in [0.2, 0.25) is 0 Å². The van der Waals surface area contributed by atoms with E-state index in [0.717, 1.165) is 6.07 Å². The molecule has 27 heavy (non-hydrogen) atoms. The molecule has 0 saturated carbocycles. The molecule has 0 aliphatic rings. The van der Waals surface area contributed by atoms with Crippen molar-refractivity contribution in [1.82, 2.24) is 0 Å². The second kappa shape index (κ2) is 9.53. The maximum absolute atomic E-state index is 13.2. The van der Waals surface area contributed by atoms with Gasteiger partial charge in [0.15, 0.2) is 6.10 Å². The van der Waals surface area contributed by atoms with Crippen LogP contribution in [-0.4, -0.2) is 29.5 Å². The van der Waals surface area contributed by atoms with Gasteiger partial charge in [0, 0.05) is 10.6 Å². The molecule has 0 aliphatic carbocycles. The lowest BCUT2D eigenvalue weighted by Crippen LogP contribution is -2.30. The predicted octanol–water partition coefficient (Wildman–Crippen LogP) is 4.34. The molecule has 142 valence electrons. The Hall–Kier alpha value is -2.38. The number of benzene rings is 2. The van der Waals surface area contributed by atoms with E-state index in [1.165, 1.54) is 37.7 Å². The highest BCUT2D eigenvalue weighted by molar-refractivity contribution is 8.00. The number of anilines is 1. The molecule has 8 heteroatoms. The molecule has 0 heterocycles. The van der Waals surface area contributed by atoms with Crippen molar-refractivity contribution < 1.29 is 23.5 Å². The summed E-state index contributed by atoms with van der Waals surface area (Å²) in [6.07, 6.45) is -1.09. The van der Waals surface area contributed by atoms with Crippen LogP contribution in [-0.2, 0) is 14.3 Å². The largest absolute Gasteiger partial charge is 0.449 e. The lowest BCUT2D eigenvalue weighted by Gasteiger charge is -2.15. The van der Waals surface area contributed by atoms with Gasteiger partial charge in [-0.2, -0.15) is 0 Å². The number of hydrogen-bond donors (Lipinski definition) is 1. The van der Waals surface area contributed by atoms with Crippen LogP contribution in [0.3, 0.4) is 0 Å². The van der Waals surface area contributed by atoms with Gasteiger partial charge in [-0.05, 0) is 44.2 Å². The van der Waals surface area contributed by atoms with Crippen LogP contribution < -0.4 is 5.32 Å². The number of esters is 1. The highest BCUT2D eigenvalue weighted by Gasteiger charge is 2.21. The second-order valence-electron chi connectivity index (χ2n) is 5.65. The van der Waals surface area contributed by atoms with Crippen molar-refractivity contribution in [1.29, 1.82) is 0 Å². The zero-order chi connectivity index (χ0) is 20.0. The Morgan fingerprint density at radius 2 is 1.93 bits per heavy atom. The molecular formula is C19H17ClFNO4S. The molecule has 0 spiro atoms. The minimum atomic E-state index is -1.09. The predicted molar refractivity (Wildman–Crippen MR) is 103 cm³/mol. The van der Waals surface area contributed by atoms with Crippen molar-refractivity contribution in [3.05, 3.63) is 58.9 Å². The summed E-state index contributed by atoms with van der Waals surface area (Å²) in [7, 11) is 0. The van der Waals surface area contributed by atoms with Crippen molar-refractivity contribution in [2.75, 3.05) is 11.1 Å². The monoisotopic (exact) mass is 409 g/mol. The molecule has 0 aromatic heterocycles. The van der Waals surface area contributed by atoms with E-state index in [2.05, 4.69) is 5.32 Å². The lowest BCUT2D eigenvalue weighted by atomic mass is 10.2. The van der Waals surface area contributed by atoms with E-state index in [0.29, 0.717) is 4.90 Å².